The number of piperidine rings is 1. The highest BCUT2D eigenvalue weighted by molar-refractivity contribution is 5.95. The molecule has 10 heteroatoms. The maximum absolute atomic E-state index is 14.2. The number of carbonyl (C=O) groups is 3. The van der Waals surface area contributed by atoms with E-state index in [9.17, 15) is 24.6 Å². The number of rotatable bonds is 12. The second kappa shape index (κ2) is 14.8. The van der Waals surface area contributed by atoms with Gasteiger partial charge < -0.3 is 35.4 Å². The number of esters is 1. The molecule has 45 heavy (non-hydrogen) atoms. The van der Waals surface area contributed by atoms with Crippen molar-refractivity contribution in [1.29, 1.82) is 0 Å². The van der Waals surface area contributed by atoms with Crippen molar-refractivity contribution < 1.29 is 33.8 Å². The van der Waals surface area contributed by atoms with E-state index in [1.54, 1.807) is 67.3 Å². The van der Waals surface area contributed by atoms with Crippen LogP contribution in [-0.2, 0) is 22.5 Å². The van der Waals surface area contributed by atoms with Gasteiger partial charge in [0.1, 0.15) is 30.6 Å². The number of hydrogen-bond donors (Lipinski definition) is 4. The largest absolute Gasteiger partial charge is 0.508 e. The van der Waals surface area contributed by atoms with Gasteiger partial charge in [-0.1, -0.05) is 30.8 Å². The third-order valence-corrected chi connectivity index (χ3v) is 8.08. The van der Waals surface area contributed by atoms with Gasteiger partial charge in [0.05, 0.1) is 30.8 Å². The number of carbonyl (C=O) groups excluding carboxylic acids is 3. The standard InChI is InChI=1S/C35H42N4O6/c1-4-18-39(22-26-7-5-9-31(41)20-26)19-6-8-29(23-39)38(32(33(36)42)21-25-10-16-30(40)17-11-25)35(44)37-28-14-12-27(13-15-28)34(43)45-24(2)3/h4-5,7,9-17,20,24,29,32H,1,6,8,18-19,21-23H2,2-3H3,(H4-,36,37,40,41,42,43,44)/p+1/t29-,32+,39?/m1/s1. The molecule has 0 spiro atoms. The Labute approximate surface area is 264 Å². The van der Waals surface area contributed by atoms with Crippen LogP contribution >= 0.6 is 0 Å². The highest BCUT2D eigenvalue weighted by Crippen LogP contribution is 2.29. The number of benzene rings is 3. The van der Waals surface area contributed by atoms with Crippen LogP contribution in [0, 0.1) is 0 Å². The van der Waals surface area contributed by atoms with E-state index in [0.717, 1.165) is 24.1 Å². The van der Waals surface area contributed by atoms with Crippen molar-refractivity contribution >= 4 is 23.6 Å². The molecule has 1 saturated heterocycles. The number of likely N-dealkylation sites (tertiary alicyclic amines) is 1. The molecular formula is C35H43N4O6+. The van der Waals surface area contributed by atoms with Crippen molar-refractivity contribution in [2.24, 2.45) is 5.73 Å². The predicted octanol–water partition coefficient (Wildman–Crippen LogP) is 4.96. The highest BCUT2D eigenvalue weighted by atomic mass is 16.5. The summed E-state index contributed by atoms with van der Waals surface area (Å²) < 4.78 is 5.84. The van der Waals surface area contributed by atoms with E-state index in [-0.39, 0.29) is 30.1 Å². The van der Waals surface area contributed by atoms with Crippen LogP contribution in [0.4, 0.5) is 10.5 Å². The number of ether oxygens (including phenoxy) is 1. The molecular weight excluding hydrogens is 572 g/mol. The zero-order valence-corrected chi connectivity index (χ0v) is 25.9. The SMILES string of the molecule is C=CC[N+]1(Cc2cccc(O)c2)CCC[C@@H](N(C(=O)Nc2ccc(C(=O)OC(C)C)cc2)[C@@H](Cc2ccc(O)cc2)C(N)=O)C1. The summed E-state index contributed by atoms with van der Waals surface area (Å²) >= 11 is 0. The second-order valence-corrected chi connectivity index (χ2v) is 12.0. The molecule has 5 N–H and O–H groups in total. The summed E-state index contributed by atoms with van der Waals surface area (Å²) in [6, 6.07) is 18.2. The van der Waals surface area contributed by atoms with E-state index in [4.69, 9.17) is 10.5 Å². The third kappa shape index (κ3) is 8.86. The number of urea groups is 1. The summed E-state index contributed by atoms with van der Waals surface area (Å²) in [5.41, 5.74) is 8.50. The average Bonchev–Trinajstić information content (AvgIpc) is 2.98. The maximum Gasteiger partial charge on any atom is 0.338 e. The van der Waals surface area contributed by atoms with Gasteiger partial charge in [0.15, 0.2) is 0 Å². The number of amides is 3. The van der Waals surface area contributed by atoms with Crippen LogP contribution in [0.15, 0.2) is 85.5 Å². The number of phenols is 2. The number of nitrogens with two attached hydrogens (primary N) is 1. The molecule has 0 aromatic heterocycles. The summed E-state index contributed by atoms with van der Waals surface area (Å²) in [6.45, 7) is 10.1. The highest BCUT2D eigenvalue weighted by Gasteiger charge is 2.42. The van der Waals surface area contributed by atoms with E-state index in [1.165, 1.54) is 12.1 Å². The minimum atomic E-state index is -0.982. The summed E-state index contributed by atoms with van der Waals surface area (Å²) in [5.74, 6) is -0.830. The Morgan fingerprint density at radius 1 is 1.04 bits per heavy atom. The Morgan fingerprint density at radius 2 is 1.76 bits per heavy atom. The Balaban J connectivity index is 1.66. The van der Waals surface area contributed by atoms with Gasteiger partial charge in [-0.3, -0.25) is 4.79 Å². The zero-order valence-electron chi connectivity index (χ0n) is 25.9. The predicted molar refractivity (Wildman–Crippen MR) is 173 cm³/mol. The van der Waals surface area contributed by atoms with Gasteiger partial charge in [0.25, 0.3) is 0 Å². The van der Waals surface area contributed by atoms with Gasteiger partial charge in [0.2, 0.25) is 5.91 Å². The smallest absolute Gasteiger partial charge is 0.338 e. The Bertz CT molecular complexity index is 1490. The molecule has 1 aliphatic rings. The molecule has 3 aromatic rings. The lowest BCUT2D eigenvalue weighted by Gasteiger charge is -2.48. The molecule has 238 valence electrons. The normalized spacial score (nSPS) is 18.5. The molecule has 0 bridgehead atoms. The summed E-state index contributed by atoms with van der Waals surface area (Å²) in [5, 5.41) is 22.8. The van der Waals surface area contributed by atoms with Gasteiger partial charge >= 0.3 is 12.0 Å². The molecule has 1 fully saturated rings. The molecule has 1 aliphatic heterocycles. The molecule has 3 atom stereocenters. The van der Waals surface area contributed by atoms with Gasteiger partial charge in [0, 0.05) is 17.7 Å². The lowest BCUT2D eigenvalue weighted by Crippen LogP contribution is -2.64. The first-order valence-corrected chi connectivity index (χ1v) is 15.2. The van der Waals surface area contributed by atoms with Crippen LogP contribution < -0.4 is 11.1 Å². The quantitative estimate of drug-likeness (QED) is 0.129. The number of phenolic OH excluding ortho intramolecular Hbond substituents is 2. The van der Waals surface area contributed by atoms with Gasteiger partial charge in [-0.15, -0.1) is 0 Å². The van der Waals surface area contributed by atoms with Crippen molar-refractivity contribution in [2.45, 2.75) is 57.8 Å². The lowest BCUT2D eigenvalue weighted by molar-refractivity contribution is -0.941. The van der Waals surface area contributed by atoms with Crippen molar-refractivity contribution in [3.05, 3.63) is 102 Å². The van der Waals surface area contributed by atoms with Crippen LogP contribution in [0.2, 0.25) is 0 Å². The van der Waals surface area contributed by atoms with E-state index < -0.39 is 23.9 Å². The number of aromatic hydroxyl groups is 2. The van der Waals surface area contributed by atoms with E-state index in [2.05, 4.69) is 11.9 Å². The Hall–Kier alpha value is -4.83. The van der Waals surface area contributed by atoms with Crippen molar-refractivity contribution in [2.75, 3.05) is 25.0 Å². The summed E-state index contributed by atoms with van der Waals surface area (Å²) in [4.78, 5) is 41.1. The Morgan fingerprint density at radius 3 is 2.38 bits per heavy atom. The summed E-state index contributed by atoms with van der Waals surface area (Å²) in [7, 11) is 0. The second-order valence-electron chi connectivity index (χ2n) is 12.0. The van der Waals surface area contributed by atoms with Crippen LogP contribution in [-0.4, -0.2) is 75.3 Å². The molecule has 10 nitrogen and oxygen atoms in total. The third-order valence-electron chi connectivity index (χ3n) is 8.08. The van der Waals surface area contributed by atoms with Crippen LogP contribution in [0.3, 0.4) is 0 Å². The molecule has 3 aromatic carbocycles. The van der Waals surface area contributed by atoms with Crippen LogP contribution in [0.25, 0.3) is 0 Å². The average molecular weight is 616 g/mol. The maximum atomic E-state index is 14.2. The lowest BCUT2D eigenvalue weighted by atomic mass is 9.95. The first kappa shape index (κ1) is 33.1. The number of nitrogens with one attached hydrogen (secondary N) is 1. The number of hydrogen-bond acceptors (Lipinski definition) is 6. The molecule has 0 aliphatic carbocycles. The van der Waals surface area contributed by atoms with Crippen molar-refractivity contribution in [3.8, 4) is 11.5 Å². The number of quaternary nitrogens is 1. The molecule has 1 heterocycles. The van der Waals surface area contributed by atoms with Gasteiger partial charge in [-0.25, -0.2) is 9.59 Å². The first-order chi connectivity index (χ1) is 21.5. The molecule has 0 radical (unpaired) electrons. The fourth-order valence-electron chi connectivity index (χ4n) is 6.12. The zero-order chi connectivity index (χ0) is 32.6. The monoisotopic (exact) mass is 615 g/mol. The van der Waals surface area contributed by atoms with Crippen LogP contribution in [0.5, 0.6) is 11.5 Å². The number of primary amides is 1. The number of anilines is 1. The van der Waals surface area contributed by atoms with Gasteiger partial charge in [-0.05, 0) is 86.9 Å². The van der Waals surface area contributed by atoms with E-state index in [1.807, 2.05) is 18.2 Å². The van der Waals surface area contributed by atoms with Crippen molar-refractivity contribution in [1.82, 2.24) is 4.90 Å². The fraction of sp³-hybridized carbons (Fsp3) is 0.343. The van der Waals surface area contributed by atoms with Crippen molar-refractivity contribution in [3.63, 3.8) is 0 Å². The topological polar surface area (TPSA) is 142 Å². The fourth-order valence-corrected chi connectivity index (χ4v) is 6.12. The van der Waals surface area contributed by atoms with E-state index in [0.29, 0.717) is 41.8 Å². The Kier molecular flexibility index (Phi) is 10.9. The molecule has 0 saturated carbocycles. The minimum absolute atomic E-state index is 0.0930. The minimum Gasteiger partial charge on any atom is -0.508 e. The summed E-state index contributed by atoms with van der Waals surface area (Å²) in [6.07, 6.45) is 3.21. The first-order valence-electron chi connectivity index (χ1n) is 15.2. The molecule has 3 amide bonds. The van der Waals surface area contributed by atoms with E-state index >= 15 is 0 Å². The molecule has 1 unspecified atom stereocenters. The van der Waals surface area contributed by atoms with Gasteiger partial charge in [-0.2, -0.15) is 0 Å². The van der Waals surface area contributed by atoms with Crippen LogP contribution in [0.1, 0.15) is 48.2 Å². The molecule has 4 rings (SSSR count). The number of nitrogens with zero attached hydrogens (tertiary/aromatic N) is 2.